The average molecular weight is 615 g/mol. The Kier molecular flexibility index (Phi) is 10.8. The van der Waals surface area contributed by atoms with Gasteiger partial charge in [-0.25, -0.2) is 18.8 Å². The molecule has 2 unspecified atom stereocenters. The third kappa shape index (κ3) is 7.88. The van der Waals surface area contributed by atoms with Gasteiger partial charge in [0.25, 0.3) is 5.92 Å². The number of likely N-dealkylation sites (tertiary alicyclic amines) is 2. The van der Waals surface area contributed by atoms with Gasteiger partial charge in [0.15, 0.2) is 5.96 Å². The summed E-state index contributed by atoms with van der Waals surface area (Å²) in [4.78, 5) is 32.4. The second-order valence-electron chi connectivity index (χ2n) is 13.2. The van der Waals surface area contributed by atoms with Crippen molar-refractivity contribution in [2.24, 2.45) is 10.7 Å². The zero-order valence-corrected chi connectivity index (χ0v) is 26.9. The number of nitrogens with zero attached hydrogens (tertiary/aromatic N) is 6. The van der Waals surface area contributed by atoms with Crippen molar-refractivity contribution < 1.29 is 13.6 Å². The molecule has 44 heavy (non-hydrogen) atoms. The van der Waals surface area contributed by atoms with Gasteiger partial charge in [-0.15, -0.1) is 0 Å². The Morgan fingerprint density at radius 2 is 1.77 bits per heavy atom. The van der Waals surface area contributed by atoms with E-state index in [-0.39, 0.29) is 43.8 Å². The number of hydrogen-bond donors (Lipinski definition) is 2. The van der Waals surface area contributed by atoms with Crippen LogP contribution in [0.15, 0.2) is 28.9 Å². The van der Waals surface area contributed by atoms with Crippen LogP contribution in [0.2, 0.25) is 0 Å². The lowest BCUT2D eigenvalue weighted by Crippen LogP contribution is -2.50. The minimum Gasteiger partial charge on any atom is -0.370 e. The number of aromatic nitrogens is 1. The van der Waals surface area contributed by atoms with Gasteiger partial charge in [-0.2, -0.15) is 0 Å². The summed E-state index contributed by atoms with van der Waals surface area (Å²) >= 11 is 0. The molecular formula is C33H52F2N8O. The van der Waals surface area contributed by atoms with Crippen LogP contribution in [-0.2, 0) is 11.2 Å². The van der Waals surface area contributed by atoms with Gasteiger partial charge in [0.2, 0.25) is 5.91 Å². The maximum absolute atomic E-state index is 14.1. The summed E-state index contributed by atoms with van der Waals surface area (Å²) in [5.74, 6) is -1.43. The largest absolute Gasteiger partial charge is 0.370 e. The SMILES string of the molecule is CC/C(=C\N=C(N)N1CCCC1)C(CNC(=O)C1CCCc2nc(N3CCN(C(C)C)CC3)ccc21)N1CCC(F)(F)CC1. The molecule has 3 aliphatic heterocycles. The Bertz CT molecular complexity index is 1180. The van der Waals surface area contributed by atoms with Crippen LogP contribution in [-0.4, -0.2) is 108 Å². The number of pyridine rings is 1. The summed E-state index contributed by atoms with van der Waals surface area (Å²) < 4.78 is 28.2. The van der Waals surface area contributed by atoms with E-state index in [2.05, 4.69) is 55.9 Å². The van der Waals surface area contributed by atoms with Gasteiger partial charge in [-0.05, 0) is 69.6 Å². The first-order valence-electron chi connectivity index (χ1n) is 16.8. The number of alkyl halides is 2. The molecule has 3 fully saturated rings. The lowest BCUT2D eigenvalue weighted by Gasteiger charge is -2.39. The normalized spacial score (nSPS) is 24.5. The Hall–Kier alpha value is -2.79. The highest BCUT2D eigenvalue weighted by molar-refractivity contribution is 5.84. The maximum atomic E-state index is 14.1. The smallest absolute Gasteiger partial charge is 0.250 e. The van der Waals surface area contributed by atoms with E-state index in [0.717, 1.165) is 94.0 Å². The minimum absolute atomic E-state index is 0.0195. The number of carbonyl (C=O) groups excluding carboxylic acids is 1. The van der Waals surface area contributed by atoms with E-state index < -0.39 is 5.92 Å². The van der Waals surface area contributed by atoms with E-state index in [0.29, 0.717) is 25.0 Å². The molecule has 3 N–H and O–H groups in total. The number of piperazine rings is 1. The van der Waals surface area contributed by atoms with Crippen molar-refractivity contribution >= 4 is 17.7 Å². The number of nitrogens with one attached hydrogen (secondary N) is 1. The molecule has 1 amide bonds. The third-order valence-electron chi connectivity index (χ3n) is 10.0. The van der Waals surface area contributed by atoms with E-state index in [9.17, 15) is 13.6 Å². The summed E-state index contributed by atoms with van der Waals surface area (Å²) in [6, 6.07) is 4.51. The van der Waals surface area contributed by atoms with E-state index in [1.54, 1.807) is 6.20 Å². The van der Waals surface area contributed by atoms with Crippen molar-refractivity contribution in [2.75, 3.05) is 63.8 Å². The molecule has 1 aliphatic carbocycles. The molecule has 1 aromatic rings. The second-order valence-corrected chi connectivity index (χ2v) is 13.2. The molecule has 11 heteroatoms. The molecule has 4 aliphatic rings. The predicted molar refractivity (Wildman–Crippen MR) is 172 cm³/mol. The van der Waals surface area contributed by atoms with Crippen LogP contribution >= 0.6 is 0 Å². The zero-order chi connectivity index (χ0) is 31.3. The number of amides is 1. The fraction of sp³-hybridized carbons (Fsp3) is 0.727. The predicted octanol–water partition coefficient (Wildman–Crippen LogP) is 3.95. The number of fused-ring (bicyclic) bond motifs is 1. The van der Waals surface area contributed by atoms with Crippen LogP contribution in [0.5, 0.6) is 0 Å². The molecular weight excluding hydrogens is 562 g/mol. The molecule has 3 saturated heterocycles. The number of hydrogen-bond acceptors (Lipinski definition) is 6. The van der Waals surface area contributed by atoms with Crippen LogP contribution in [0.3, 0.4) is 0 Å². The fourth-order valence-corrected chi connectivity index (χ4v) is 7.13. The summed E-state index contributed by atoms with van der Waals surface area (Å²) in [6.45, 7) is 13.2. The Labute approximate surface area is 261 Å². The van der Waals surface area contributed by atoms with E-state index in [1.165, 1.54) is 0 Å². The first kappa shape index (κ1) is 32.6. The highest BCUT2D eigenvalue weighted by Gasteiger charge is 2.37. The zero-order valence-electron chi connectivity index (χ0n) is 26.9. The lowest BCUT2D eigenvalue weighted by molar-refractivity contribution is -0.123. The van der Waals surface area contributed by atoms with Crippen LogP contribution < -0.4 is 16.0 Å². The molecule has 0 radical (unpaired) electrons. The molecule has 0 aromatic carbocycles. The maximum Gasteiger partial charge on any atom is 0.250 e. The van der Waals surface area contributed by atoms with Gasteiger partial charge in [-0.1, -0.05) is 13.0 Å². The Morgan fingerprint density at radius 3 is 2.43 bits per heavy atom. The molecule has 4 heterocycles. The number of halogens is 2. The number of rotatable bonds is 9. The van der Waals surface area contributed by atoms with Crippen LogP contribution in [0.1, 0.15) is 82.9 Å². The van der Waals surface area contributed by atoms with Crippen LogP contribution in [0.4, 0.5) is 14.6 Å². The Balaban J connectivity index is 1.28. The van der Waals surface area contributed by atoms with Gasteiger partial charge in [0.1, 0.15) is 5.82 Å². The van der Waals surface area contributed by atoms with Gasteiger partial charge in [0, 0.05) is 95.7 Å². The first-order valence-corrected chi connectivity index (χ1v) is 16.8. The Morgan fingerprint density at radius 1 is 1.07 bits per heavy atom. The summed E-state index contributed by atoms with van der Waals surface area (Å²) in [5, 5.41) is 3.22. The van der Waals surface area contributed by atoms with Crippen molar-refractivity contribution in [2.45, 2.75) is 96.1 Å². The number of carbonyl (C=O) groups is 1. The van der Waals surface area contributed by atoms with Crippen LogP contribution in [0.25, 0.3) is 0 Å². The monoisotopic (exact) mass is 614 g/mol. The molecule has 2 atom stereocenters. The van der Waals surface area contributed by atoms with Gasteiger partial charge in [0.05, 0.1) is 5.92 Å². The quantitative estimate of drug-likeness (QED) is 0.322. The highest BCUT2D eigenvalue weighted by Crippen LogP contribution is 2.33. The summed E-state index contributed by atoms with van der Waals surface area (Å²) in [5.41, 5.74) is 9.31. The van der Waals surface area contributed by atoms with Crippen molar-refractivity contribution in [3.05, 3.63) is 35.2 Å². The number of aryl methyl sites for hydroxylation is 1. The first-order chi connectivity index (χ1) is 21.1. The topological polar surface area (TPSA) is 93.3 Å². The van der Waals surface area contributed by atoms with Crippen molar-refractivity contribution in [1.82, 2.24) is 25.0 Å². The fourth-order valence-electron chi connectivity index (χ4n) is 7.13. The number of aliphatic imine (C=N–C) groups is 1. The van der Waals surface area contributed by atoms with Crippen molar-refractivity contribution in [3.8, 4) is 0 Å². The van der Waals surface area contributed by atoms with Gasteiger partial charge in [-0.3, -0.25) is 14.6 Å². The number of anilines is 1. The molecule has 1 aromatic heterocycles. The summed E-state index contributed by atoms with van der Waals surface area (Å²) in [6.07, 6.45) is 6.92. The summed E-state index contributed by atoms with van der Waals surface area (Å²) in [7, 11) is 0. The van der Waals surface area contributed by atoms with E-state index >= 15 is 0 Å². The van der Waals surface area contributed by atoms with Gasteiger partial charge >= 0.3 is 0 Å². The third-order valence-corrected chi connectivity index (χ3v) is 10.0. The number of piperidine rings is 1. The molecule has 244 valence electrons. The van der Waals surface area contributed by atoms with Gasteiger partial charge < -0.3 is 20.9 Å². The number of guanidine groups is 1. The number of nitrogens with two attached hydrogens (primary N) is 1. The van der Waals surface area contributed by atoms with Crippen molar-refractivity contribution in [3.63, 3.8) is 0 Å². The standard InChI is InChI=1S/C33H52F2N8O/c1-4-25(22-38-32(36)43-14-5-6-15-43)29(41-16-12-33(34,35)13-17-41)23-37-31(44)27-8-7-9-28-26(27)10-11-30(39-28)42-20-18-40(19-21-42)24(2)3/h10-11,22,24,27,29H,4-9,12-21,23H2,1-3H3,(H2,36,38)(H,37,44)/b25-22+. The molecule has 0 spiro atoms. The molecule has 9 nitrogen and oxygen atoms in total. The lowest BCUT2D eigenvalue weighted by atomic mass is 9.85. The average Bonchev–Trinajstić information content (AvgIpc) is 3.57. The molecule has 5 rings (SSSR count). The van der Waals surface area contributed by atoms with E-state index in [1.807, 2.05) is 6.92 Å². The molecule has 0 saturated carbocycles. The van der Waals surface area contributed by atoms with Crippen molar-refractivity contribution in [1.29, 1.82) is 0 Å². The molecule has 0 bridgehead atoms. The highest BCUT2D eigenvalue weighted by atomic mass is 19.3. The van der Waals surface area contributed by atoms with Crippen LogP contribution in [0, 0.1) is 0 Å². The second kappa shape index (κ2) is 14.5. The minimum atomic E-state index is -2.64. The van der Waals surface area contributed by atoms with E-state index in [4.69, 9.17) is 10.7 Å².